The van der Waals surface area contributed by atoms with Crippen LogP contribution in [0, 0.1) is 0 Å². The van der Waals surface area contributed by atoms with Crippen molar-refractivity contribution in [1.29, 1.82) is 0 Å². The largest absolute Gasteiger partial charge is 0.484 e. The molecule has 58 heavy (non-hydrogen) atoms. The van der Waals surface area contributed by atoms with Gasteiger partial charge in [-0.25, -0.2) is 0 Å². The summed E-state index contributed by atoms with van der Waals surface area (Å²) in [6.07, 6.45) is 0.164. The molecule has 0 aliphatic carbocycles. The number of hydrogen-bond donors (Lipinski definition) is 6. The Morgan fingerprint density at radius 3 is 1.95 bits per heavy atom. The van der Waals surface area contributed by atoms with Crippen molar-refractivity contribution in [3.05, 3.63) is 155 Å². The predicted octanol–water partition coefficient (Wildman–Crippen LogP) is 3.60. The van der Waals surface area contributed by atoms with Gasteiger partial charge in [-0.3, -0.25) is 24.0 Å². The second-order valence-electron chi connectivity index (χ2n) is 13.8. The van der Waals surface area contributed by atoms with E-state index in [1.807, 2.05) is 90.3 Å². The summed E-state index contributed by atoms with van der Waals surface area (Å²) in [6.45, 7) is 3.38. The number of thiophene rings is 1. The van der Waals surface area contributed by atoms with Crippen molar-refractivity contribution in [3.8, 4) is 16.9 Å². The summed E-state index contributed by atoms with van der Waals surface area (Å²) in [5.74, 6) is -2.77. The molecule has 0 saturated heterocycles. The average molecular weight is 800 g/mol. The maximum atomic E-state index is 14.5. The molecule has 4 aromatic carbocycles. The van der Waals surface area contributed by atoms with Crippen LogP contribution in [0.1, 0.15) is 21.6 Å². The first-order chi connectivity index (χ1) is 28.2. The van der Waals surface area contributed by atoms with Crippen LogP contribution in [0.25, 0.3) is 16.7 Å². The lowest BCUT2D eigenvalue weighted by Gasteiger charge is -2.27. The van der Waals surface area contributed by atoms with Gasteiger partial charge < -0.3 is 36.4 Å². The SMILES string of the molecule is C=C(c1cccs1)C1NC(=O)COc2ccc(cc2)CC(C(=O)NCCO)NC(=O)C(Cc2ccccc2)NC(=O)C(Cc2ccc(-c3ccccc3)cc2)NC1=O. The van der Waals surface area contributed by atoms with Crippen LogP contribution in [0.3, 0.4) is 0 Å². The second kappa shape index (κ2) is 20.0. The lowest BCUT2D eigenvalue weighted by atomic mass is 9.98. The van der Waals surface area contributed by atoms with Crippen LogP contribution in [-0.4, -0.2) is 78.6 Å². The molecule has 0 fully saturated rings. The van der Waals surface area contributed by atoms with Crippen LogP contribution >= 0.6 is 11.3 Å². The molecular formula is C45H45N5O7S. The normalized spacial score (nSPS) is 19.2. The molecule has 1 aromatic heterocycles. The van der Waals surface area contributed by atoms with Crippen molar-refractivity contribution in [2.24, 2.45) is 0 Å². The zero-order chi connectivity index (χ0) is 40.9. The minimum absolute atomic E-state index is 0.0295. The van der Waals surface area contributed by atoms with Gasteiger partial charge in [-0.05, 0) is 57.0 Å². The summed E-state index contributed by atoms with van der Waals surface area (Å²) in [4.78, 5) is 70.4. The summed E-state index contributed by atoms with van der Waals surface area (Å²) in [6, 6.07) is 32.0. The molecule has 2 bridgehead atoms. The Bertz CT molecular complexity index is 2180. The number of benzene rings is 4. The zero-order valence-corrected chi connectivity index (χ0v) is 32.5. The highest BCUT2D eigenvalue weighted by Gasteiger charge is 2.33. The van der Waals surface area contributed by atoms with Gasteiger partial charge in [0.1, 0.15) is 29.9 Å². The molecule has 2 aliphatic heterocycles. The maximum absolute atomic E-state index is 14.5. The smallest absolute Gasteiger partial charge is 0.258 e. The van der Waals surface area contributed by atoms with Gasteiger partial charge in [0.25, 0.3) is 5.91 Å². The highest BCUT2D eigenvalue weighted by atomic mass is 32.1. The Hall–Kier alpha value is -6.57. The van der Waals surface area contributed by atoms with Crippen molar-refractivity contribution in [3.63, 3.8) is 0 Å². The van der Waals surface area contributed by atoms with Gasteiger partial charge in [-0.2, -0.15) is 0 Å². The molecule has 298 valence electrons. The van der Waals surface area contributed by atoms with Crippen LogP contribution in [0.4, 0.5) is 0 Å². The fourth-order valence-corrected chi connectivity index (χ4v) is 7.23. The van der Waals surface area contributed by atoms with Crippen LogP contribution in [0.2, 0.25) is 0 Å². The van der Waals surface area contributed by atoms with E-state index in [-0.39, 0.29) is 32.4 Å². The topological polar surface area (TPSA) is 175 Å². The van der Waals surface area contributed by atoms with Gasteiger partial charge in [0, 0.05) is 30.7 Å². The van der Waals surface area contributed by atoms with Gasteiger partial charge >= 0.3 is 0 Å². The number of amides is 5. The number of aliphatic hydroxyl groups excluding tert-OH is 1. The molecular weight excluding hydrogens is 755 g/mol. The van der Waals surface area contributed by atoms with E-state index in [0.717, 1.165) is 22.3 Å². The Kier molecular flexibility index (Phi) is 14.2. The first kappa shape index (κ1) is 41.1. The number of ether oxygens (including phenoxy) is 1. The van der Waals surface area contributed by atoms with E-state index >= 15 is 0 Å². The molecule has 2 aliphatic rings. The summed E-state index contributed by atoms with van der Waals surface area (Å²) in [5, 5.41) is 25.1. The van der Waals surface area contributed by atoms with E-state index in [1.165, 1.54) is 11.3 Å². The van der Waals surface area contributed by atoms with Gasteiger partial charge in [-0.1, -0.05) is 110 Å². The molecule has 7 rings (SSSR count). The minimum Gasteiger partial charge on any atom is -0.484 e. The van der Waals surface area contributed by atoms with Crippen molar-refractivity contribution < 1.29 is 33.8 Å². The first-order valence-electron chi connectivity index (χ1n) is 18.9. The van der Waals surface area contributed by atoms with Crippen LogP contribution < -0.4 is 31.3 Å². The zero-order valence-electron chi connectivity index (χ0n) is 31.7. The van der Waals surface area contributed by atoms with E-state index in [1.54, 1.807) is 36.4 Å². The Labute approximate surface area is 340 Å². The van der Waals surface area contributed by atoms with E-state index in [0.29, 0.717) is 21.8 Å². The average Bonchev–Trinajstić information content (AvgIpc) is 3.79. The molecule has 0 saturated carbocycles. The second-order valence-corrected chi connectivity index (χ2v) is 14.7. The molecule has 4 unspecified atom stereocenters. The molecule has 13 heteroatoms. The number of aliphatic hydroxyl groups is 1. The number of hydrogen-bond acceptors (Lipinski definition) is 8. The molecule has 5 aromatic rings. The molecule has 5 amide bonds. The van der Waals surface area contributed by atoms with Crippen molar-refractivity contribution >= 4 is 46.4 Å². The standard InChI is InChI=1S/C45H45N5O7S/c1-29(39-13-8-24-58-39)41-45(56)49-38(27-31-14-18-34(19-15-31)33-11-6-3-7-12-33)44(55)48-37(25-30-9-4-2-5-10-30)43(54)47-36(42(53)46-22-23-51)26-32-16-20-35(21-17-32)57-28-40(52)50-41/h2-21,24,36-38,41,51H,1,22-23,25-28H2,(H,46,53)(H,47,54)(H,48,55)(H,49,56)(H,50,52). The third-order valence-corrected chi connectivity index (χ3v) is 10.5. The Balaban J connectivity index is 1.37. The number of carbonyl (C=O) groups excluding carboxylic acids is 5. The predicted molar refractivity (Wildman–Crippen MR) is 223 cm³/mol. The lowest BCUT2D eigenvalue weighted by molar-refractivity contribution is -0.134. The highest BCUT2D eigenvalue weighted by Crippen LogP contribution is 2.23. The minimum atomic E-state index is -1.28. The van der Waals surface area contributed by atoms with Crippen LogP contribution in [-0.2, 0) is 43.2 Å². The number of fused-ring (bicyclic) bond motifs is 16. The fraction of sp³-hybridized carbons (Fsp3) is 0.222. The van der Waals surface area contributed by atoms with Crippen LogP contribution in [0.15, 0.2) is 133 Å². The van der Waals surface area contributed by atoms with Crippen molar-refractivity contribution in [2.75, 3.05) is 19.8 Å². The molecule has 0 spiro atoms. The molecule has 4 atom stereocenters. The van der Waals surface area contributed by atoms with Gasteiger partial charge in [0.2, 0.25) is 23.6 Å². The summed E-state index contributed by atoms with van der Waals surface area (Å²) >= 11 is 1.34. The monoisotopic (exact) mass is 799 g/mol. The van der Waals surface area contributed by atoms with Crippen molar-refractivity contribution in [2.45, 2.75) is 43.4 Å². The summed E-state index contributed by atoms with van der Waals surface area (Å²) in [7, 11) is 0. The Morgan fingerprint density at radius 2 is 1.31 bits per heavy atom. The Morgan fingerprint density at radius 1 is 0.707 bits per heavy atom. The van der Waals surface area contributed by atoms with Gasteiger partial charge in [-0.15, -0.1) is 11.3 Å². The number of nitrogens with one attached hydrogen (secondary N) is 5. The van der Waals surface area contributed by atoms with Crippen molar-refractivity contribution in [1.82, 2.24) is 26.6 Å². The highest BCUT2D eigenvalue weighted by molar-refractivity contribution is 7.11. The molecule has 12 nitrogen and oxygen atoms in total. The maximum Gasteiger partial charge on any atom is 0.258 e. The third-order valence-electron chi connectivity index (χ3n) is 9.58. The fourth-order valence-electron chi connectivity index (χ4n) is 6.50. The summed E-state index contributed by atoms with van der Waals surface area (Å²) < 4.78 is 5.75. The molecule has 3 heterocycles. The van der Waals surface area contributed by atoms with E-state index in [4.69, 9.17) is 4.74 Å². The van der Waals surface area contributed by atoms with Gasteiger partial charge in [0.05, 0.1) is 6.61 Å². The van der Waals surface area contributed by atoms with Crippen LogP contribution in [0.5, 0.6) is 5.75 Å². The van der Waals surface area contributed by atoms with E-state index < -0.39 is 60.3 Å². The lowest BCUT2D eigenvalue weighted by Crippen LogP contribution is -2.59. The molecule has 6 N–H and O–H groups in total. The van der Waals surface area contributed by atoms with Gasteiger partial charge in [0.15, 0.2) is 6.61 Å². The van der Waals surface area contributed by atoms with E-state index in [9.17, 15) is 29.1 Å². The third kappa shape index (κ3) is 11.3. The quantitative estimate of drug-likeness (QED) is 0.117. The summed E-state index contributed by atoms with van der Waals surface area (Å²) in [5.41, 5.74) is 4.42. The number of rotatable bonds is 10. The molecule has 0 radical (unpaired) electrons. The van der Waals surface area contributed by atoms with E-state index in [2.05, 4.69) is 33.2 Å². The first-order valence-corrected chi connectivity index (χ1v) is 19.8. The number of carbonyl (C=O) groups is 5.